The first-order valence-corrected chi connectivity index (χ1v) is 5.59. The van der Waals surface area contributed by atoms with E-state index < -0.39 is 11.0 Å². The monoisotopic (exact) mass is 265 g/mol. The van der Waals surface area contributed by atoms with Crippen LogP contribution in [0.25, 0.3) is 0 Å². The van der Waals surface area contributed by atoms with E-state index in [1.165, 1.54) is 35.0 Å². The molecule has 0 aliphatic heterocycles. The fourth-order valence-electron chi connectivity index (χ4n) is 1.74. The molecule has 0 spiro atoms. The van der Waals surface area contributed by atoms with Crippen LogP contribution in [0.4, 0.5) is 10.2 Å². The lowest BCUT2D eigenvalue weighted by Crippen LogP contribution is -2.09. The number of nitro groups is 1. The van der Waals surface area contributed by atoms with Crippen molar-refractivity contribution in [2.24, 2.45) is 0 Å². The molecule has 1 aromatic carbocycles. The van der Waals surface area contributed by atoms with E-state index in [2.05, 4.69) is 4.98 Å². The van der Waals surface area contributed by atoms with E-state index in [9.17, 15) is 19.6 Å². The van der Waals surface area contributed by atoms with Crippen LogP contribution in [0.2, 0.25) is 0 Å². The van der Waals surface area contributed by atoms with Gasteiger partial charge in [-0.15, -0.1) is 0 Å². The molecule has 0 aliphatic carbocycles. The first-order chi connectivity index (χ1) is 8.97. The lowest BCUT2D eigenvalue weighted by Gasteiger charge is -2.11. The summed E-state index contributed by atoms with van der Waals surface area (Å²) in [7, 11) is 0. The van der Waals surface area contributed by atoms with Crippen LogP contribution in [0.3, 0.4) is 0 Å². The third-order valence-corrected chi connectivity index (χ3v) is 2.77. The summed E-state index contributed by atoms with van der Waals surface area (Å²) in [5, 5.41) is 20.6. The summed E-state index contributed by atoms with van der Waals surface area (Å²) in [5.41, 5.74) is 0.539. The quantitative estimate of drug-likeness (QED) is 0.677. The zero-order chi connectivity index (χ0) is 14.0. The van der Waals surface area contributed by atoms with E-state index in [1.54, 1.807) is 6.92 Å². The molecule has 0 amide bonds. The van der Waals surface area contributed by atoms with Crippen molar-refractivity contribution in [2.45, 2.75) is 19.6 Å². The van der Waals surface area contributed by atoms with Crippen molar-refractivity contribution in [3.05, 3.63) is 57.8 Å². The standard InChI is InChI=1S/C12H12FN3O3/c1-8-14-12(16(18)19)7-15(8)6-11(17)9-2-4-10(13)5-3-9/h2-5,7,11,17H,6H2,1H3/t11-/m0/s1. The smallest absolute Gasteiger partial charge is 0.381 e. The van der Waals surface area contributed by atoms with Crippen molar-refractivity contribution >= 4 is 5.82 Å². The number of aliphatic hydroxyl groups excluding tert-OH is 1. The third-order valence-electron chi connectivity index (χ3n) is 2.77. The molecular formula is C12H12FN3O3. The average Bonchev–Trinajstić information content (AvgIpc) is 2.72. The Morgan fingerprint density at radius 3 is 2.63 bits per heavy atom. The normalized spacial score (nSPS) is 12.4. The Bertz CT molecular complexity index is 595. The molecule has 0 bridgehead atoms. The molecule has 0 aliphatic rings. The molecule has 0 fully saturated rings. The minimum atomic E-state index is -0.881. The highest BCUT2D eigenvalue weighted by atomic mass is 19.1. The Labute approximate surface area is 108 Å². The van der Waals surface area contributed by atoms with E-state index in [-0.39, 0.29) is 18.2 Å². The molecule has 0 radical (unpaired) electrons. The summed E-state index contributed by atoms with van der Waals surface area (Å²) in [6.07, 6.45) is 0.385. The maximum atomic E-state index is 12.8. The fraction of sp³-hybridized carbons (Fsp3) is 0.250. The number of imidazole rings is 1. The van der Waals surface area contributed by atoms with Gasteiger partial charge in [-0.25, -0.2) is 4.39 Å². The van der Waals surface area contributed by atoms with Crippen LogP contribution in [-0.4, -0.2) is 19.6 Å². The predicted molar refractivity (Wildman–Crippen MR) is 65.0 cm³/mol. The molecule has 0 unspecified atom stereocenters. The van der Waals surface area contributed by atoms with Gasteiger partial charge in [-0.2, -0.15) is 0 Å². The summed E-state index contributed by atoms with van der Waals surface area (Å²) in [6.45, 7) is 1.74. The minimum absolute atomic E-state index is 0.123. The lowest BCUT2D eigenvalue weighted by molar-refractivity contribution is -0.389. The molecule has 7 heteroatoms. The van der Waals surface area contributed by atoms with E-state index in [0.717, 1.165) is 0 Å². The minimum Gasteiger partial charge on any atom is -0.387 e. The van der Waals surface area contributed by atoms with Crippen molar-refractivity contribution in [1.82, 2.24) is 9.55 Å². The van der Waals surface area contributed by atoms with Gasteiger partial charge in [0, 0.05) is 6.92 Å². The van der Waals surface area contributed by atoms with Gasteiger partial charge >= 0.3 is 5.82 Å². The summed E-state index contributed by atoms with van der Waals surface area (Å²) >= 11 is 0. The van der Waals surface area contributed by atoms with Crippen LogP contribution in [-0.2, 0) is 6.54 Å². The van der Waals surface area contributed by atoms with Crippen LogP contribution in [0.1, 0.15) is 17.5 Å². The number of aliphatic hydroxyl groups is 1. The lowest BCUT2D eigenvalue weighted by atomic mass is 10.1. The second-order valence-electron chi connectivity index (χ2n) is 4.12. The van der Waals surface area contributed by atoms with E-state index >= 15 is 0 Å². The zero-order valence-electron chi connectivity index (χ0n) is 10.2. The topological polar surface area (TPSA) is 81.2 Å². The molecule has 100 valence electrons. The summed E-state index contributed by atoms with van der Waals surface area (Å²) < 4.78 is 14.3. The SMILES string of the molecule is Cc1nc([N+](=O)[O-])cn1C[C@H](O)c1ccc(F)cc1. The van der Waals surface area contributed by atoms with Crippen LogP contribution in [0.15, 0.2) is 30.5 Å². The summed E-state index contributed by atoms with van der Waals surface area (Å²) in [6, 6.07) is 5.45. The first kappa shape index (κ1) is 13.2. The van der Waals surface area contributed by atoms with Gasteiger partial charge < -0.3 is 19.8 Å². The molecule has 2 rings (SSSR count). The number of hydrogen-bond acceptors (Lipinski definition) is 4. The summed E-state index contributed by atoms with van der Waals surface area (Å²) in [5.74, 6) is -0.206. The van der Waals surface area contributed by atoms with Gasteiger partial charge in [0.25, 0.3) is 0 Å². The Morgan fingerprint density at radius 2 is 2.11 bits per heavy atom. The number of aryl methyl sites for hydroxylation is 1. The average molecular weight is 265 g/mol. The molecular weight excluding hydrogens is 253 g/mol. The van der Waals surface area contributed by atoms with E-state index in [0.29, 0.717) is 11.4 Å². The second-order valence-corrected chi connectivity index (χ2v) is 4.12. The highest BCUT2D eigenvalue weighted by Gasteiger charge is 2.17. The van der Waals surface area contributed by atoms with Crippen molar-refractivity contribution in [1.29, 1.82) is 0 Å². The molecule has 1 aromatic heterocycles. The van der Waals surface area contributed by atoms with Gasteiger partial charge in [0.15, 0.2) is 0 Å². The number of rotatable bonds is 4. The highest BCUT2D eigenvalue weighted by molar-refractivity contribution is 5.20. The van der Waals surface area contributed by atoms with Gasteiger partial charge in [-0.1, -0.05) is 12.1 Å². The van der Waals surface area contributed by atoms with E-state index in [1.807, 2.05) is 0 Å². The van der Waals surface area contributed by atoms with Crippen molar-refractivity contribution in [2.75, 3.05) is 0 Å². The Balaban J connectivity index is 2.16. The van der Waals surface area contributed by atoms with Gasteiger partial charge in [-0.05, 0) is 27.6 Å². The predicted octanol–water partition coefficient (Wildman–Crippen LogP) is 1.97. The Hall–Kier alpha value is -2.28. The number of hydrogen-bond donors (Lipinski definition) is 1. The zero-order valence-corrected chi connectivity index (χ0v) is 10.2. The molecule has 0 saturated heterocycles. The summed E-state index contributed by atoms with van der Waals surface area (Å²) in [4.78, 5) is 13.8. The van der Waals surface area contributed by atoms with Crippen LogP contribution < -0.4 is 0 Å². The Kier molecular flexibility index (Phi) is 3.57. The fourth-order valence-corrected chi connectivity index (χ4v) is 1.74. The largest absolute Gasteiger partial charge is 0.387 e. The molecule has 2 aromatic rings. The van der Waals surface area contributed by atoms with Crippen LogP contribution in [0.5, 0.6) is 0 Å². The molecule has 6 nitrogen and oxygen atoms in total. The van der Waals surface area contributed by atoms with E-state index in [4.69, 9.17) is 0 Å². The van der Waals surface area contributed by atoms with Crippen molar-refractivity contribution in [3.63, 3.8) is 0 Å². The molecule has 1 atom stereocenters. The first-order valence-electron chi connectivity index (χ1n) is 5.59. The molecule has 1 N–H and O–H groups in total. The highest BCUT2D eigenvalue weighted by Crippen LogP contribution is 2.18. The molecule has 19 heavy (non-hydrogen) atoms. The van der Waals surface area contributed by atoms with Gasteiger partial charge in [0.2, 0.25) is 5.82 Å². The van der Waals surface area contributed by atoms with Gasteiger partial charge in [0.1, 0.15) is 12.0 Å². The number of halogens is 1. The van der Waals surface area contributed by atoms with Crippen LogP contribution >= 0.6 is 0 Å². The van der Waals surface area contributed by atoms with Gasteiger partial charge in [-0.3, -0.25) is 0 Å². The van der Waals surface area contributed by atoms with Gasteiger partial charge in [0.05, 0.1) is 12.6 Å². The number of benzene rings is 1. The van der Waals surface area contributed by atoms with Crippen LogP contribution in [0, 0.1) is 22.9 Å². The Morgan fingerprint density at radius 1 is 1.47 bits per heavy atom. The second kappa shape index (κ2) is 5.15. The van der Waals surface area contributed by atoms with Crippen molar-refractivity contribution in [3.8, 4) is 0 Å². The molecule has 0 saturated carbocycles. The molecule has 1 heterocycles. The maximum absolute atomic E-state index is 12.8. The van der Waals surface area contributed by atoms with Crippen molar-refractivity contribution < 1.29 is 14.4 Å². The number of aromatic nitrogens is 2. The number of nitrogens with zero attached hydrogens (tertiary/aromatic N) is 3. The maximum Gasteiger partial charge on any atom is 0.381 e. The third kappa shape index (κ3) is 2.94.